The van der Waals surface area contributed by atoms with Crippen LogP contribution in [0.4, 0.5) is 0 Å². The summed E-state index contributed by atoms with van der Waals surface area (Å²) < 4.78 is 5.02. The molecule has 102 valence electrons. The molecule has 0 heterocycles. The SMILES string of the molecule is CCCc1ccc(C(C)(CO)NCCOC)cc1. The standard InChI is InChI=1S/C15H25NO2/c1-4-5-13-6-8-14(9-7-13)15(2,12-17)16-10-11-18-3/h6-9,16-17H,4-5,10-12H2,1-3H3. The summed E-state index contributed by atoms with van der Waals surface area (Å²) in [5, 5.41) is 12.9. The van der Waals surface area contributed by atoms with Crippen LogP contribution < -0.4 is 5.32 Å². The van der Waals surface area contributed by atoms with Crippen molar-refractivity contribution in [3.8, 4) is 0 Å². The number of aliphatic hydroxyl groups excluding tert-OH is 1. The maximum Gasteiger partial charge on any atom is 0.0652 e. The molecule has 1 atom stereocenters. The molecule has 3 nitrogen and oxygen atoms in total. The third kappa shape index (κ3) is 4.09. The molecule has 1 unspecified atom stereocenters. The van der Waals surface area contributed by atoms with Crippen LogP contribution in [0.25, 0.3) is 0 Å². The summed E-state index contributed by atoms with van der Waals surface area (Å²) in [4.78, 5) is 0. The Labute approximate surface area is 110 Å². The van der Waals surface area contributed by atoms with Gasteiger partial charge in [0.1, 0.15) is 0 Å². The zero-order valence-corrected chi connectivity index (χ0v) is 11.7. The van der Waals surface area contributed by atoms with E-state index < -0.39 is 5.54 Å². The molecule has 0 aromatic heterocycles. The molecule has 2 N–H and O–H groups in total. The molecule has 0 aliphatic heterocycles. The van der Waals surface area contributed by atoms with Gasteiger partial charge in [0.25, 0.3) is 0 Å². The first kappa shape index (κ1) is 15.2. The smallest absolute Gasteiger partial charge is 0.0652 e. The molecule has 1 aromatic rings. The Bertz CT molecular complexity index is 337. The van der Waals surface area contributed by atoms with Gasteiger partial charge in [-0.3, -0.25) is 0 Å². The Morgan fingerprint density at radius 1 is 1.28 bits per heavy atom. The van der Waals surface area contributed by atoms with Crippen molar-refractivity contribution in [2.45, 2.75) is 32.2 Å². The second kappa shape index (κ2) is 7.52. The van der Waals surface area contributed by atoms with Gasteiger partial charge in [0.05, 0.1) is 18.8 Å². The van der Waals surface area contributed by atoms with E-state index in [0.717, 1.165) is 24.9 Å². The molecular formula is C15H25NO2. The molecule has 0 saturated carbocycles. The lowest BCUT2D eigenvalue weighted by Crippen LogP contribution is -2.44. The zero-order chi connectivity index (χ0) is 13.4. The van der Waals surface area contributed by atoms with Crippen LogP contribution in [0.2, 0.25) is 0 Å². The van der Waals surface area contributed by atoms with Crippen molar-refractivity contribution in [2.75, 3.05) is 26.9 Å². The van der Waals surface area contributed by atoms with E-state index in [0.29, 0.717) is 6.61 Å². The van der Waals surface area contributed by atoms with E-state index in [-0.39, 0.29) is 6.61 Å². The first-order valence-electron chi connectivity index (χ1n) is 6.60. The minimum Gasteiger partial charge on any atom is -0.394 e. The van der Waals surface area contributed by atoms with Crippen LogP contribution in [0, 0.1) is 0 Å². The average molecular weight is 251 g/mol. The summed E-state index contributed by atoms with van der Waals surface area (Å²) in [6.45, 7) is 5.63. The van der Waals surface area contributed by atoms with E-state index in [1.165, 1.54) is 5.56 Å². The number of methoxy groups -OCH3 is 1. The Balaban J connectivity index is 2.73. The molecule has 0 aliphatic carbocycles. The highest BCUT2D eigenvalue weighted by molar-refractivity contribution is 5.28. The second-order valence-electron chi connectivity index (χ2n) is 4.86. The van der Waals surface area contributed by atoms with Gasteiger partial charge in [0, 0.05) is 13.7 Å². The van der Waals surface area contributed by atoms with Gasteiger partial charge in [-0.05, 0) is 24.5 Å². The number of benzene rings is 1. The van der Waals surface area contributed by atoms with Gasteiger partial charge in [0.15, 0.2) is 0 Å². The number of aliphatic hydroxyl groups is 1. The Morgan fingerprint density at radius 2 is 1.94 bits per heavy atom. The monoisotopic (exact) mass is 251 g/mol. The van der Waals surface area contributed by atoms with Crippen LogP contribution >= 0.6 is 0 Å². The molecule has 0 fully saturated rings. The Morgan fingerprint density at radius 3 is 2.44 bits per heavy atom. The van der Waals surface area contributed by atoms with Crippen molar-refractivity contribution in [3.05, 3.63) is 35.4 Å². The van der Waals surface area contributed by atoms with E-state index in [4.69, 9.17) is 4.74 Å². The summed E-state index contributed by atoms with van der Waals surface area (Å²) >= 11 is 0. The summed E-state index contributed by atoms with van der Waals surface area (Å²) in [5.41, 5.74) is 2.06. The summed E-state index contributed by atoms with van der Waals surface area (Å²) in [6, 6.07) is 8.48. The van der Waals surface area contributed by atoms with Gasteiger partial charge in [-0.2, -0.15) is 0 Å². The van der Waals surface area contributed by atoms with Gasteiger partial charge in [-0.1, -0.05) is 37.6 Å². The molecule has 0 amide bonds. The lowest BCUT2D eigenvalue weighted by Gasteiger charge is -2.29. The van der Waals surface area contributed by atoms with Gasteiger partial charge in [-0.25, -0.2) is 0 Å². The van der Waals surface area contributed by atoms with Crippen molar-refractivity contribution in [3.63, 3.8) is 0 Å². The first-order chi connectivity index (χ1) is 8.66. The number of ether oxygens (including phenoxy) is 1. The molecule has 0 aliphatic rings. The van der Waals surface area contributed by atoms with Crippen molar-refractivity contribution in [1.29, 1.82) is 0 Å². The van der Waals surface area contributed by atoms with E-state index in [2.05, 4.69) is 36.5 Å². The van der Waals surface area contributed by atoms with Crippen LogP contribution in [0.5, 0.6) is 0 Å². The van der Waals surface area contributed by atoms with Gasteiger partial charge in [0.2, 0.25) is 0 Å². The fraction of sp³-hybridized carbons (Fsp3) is 0.600. The number of hydrogen-bond acceptors (Lipinski definition) is 3. The number of rotatable bonds is 8. The highest BCUT2D eigenvalue weighted by atomic mass is 16.5. The van der Waals surface area contributed by atoms with E-state index in [1.807, 2.05) is 6.92 Å². The third-order valence-electron chi connectivity index (χ3n) is 3.27. The Kier molecular flexibility index (Phi) is 6.33. The first-order valence-corrected chi connectivity index (χ1v) is 6.60. The van der Waals surface area contributed by atoms with Crippen LogP contribution in [-0.4, -0.2) is 32.0 Å². The number of hydrogen-bond donors (Lipinski definition) is 2. The van der Waals surface area contributed by atoms with E-state index in [9.17, 15) is 5.11 Å². The summed E-state index contributed by atoms with van der Waals surface area (Å²) in [7, 11) is 1.68. The predicted octanol–water partition coefficient (Wildman–Crippen LogP) is 2.08. The molecule has 0 radical (unpaired) electrons. The van der Waals surface area contributed by atoms with E-state index in [1.54, 1.807) is 7.11 Å². The van der Waals surface area contributed by atoms with Gasteiger partial charge < -0.3 is 15.2 Å². The van der Waals surface area contributed by atoms with Crippen molar-refractivity contribution in [2.24, 2.45) is 0 Å². The fourth-order valence-corrected chi connectivity index (χ4v) is 2.01. The Hall–Kier alpha value is -0.900. The maximum atomic E-state index is 9.61. The zero-order valence-electron chi connectivity index (χ0n) is 11.7. The molecular weight excluding hydrogens is 226 g/mol. The molecule has 18 heavy (non-hydrogen) atoms. The number of nitrogens with one attached hydrogen (secondary N) is 1. The predicted molar refractivity (Wildman–Crippen MR) is 74.8 cm³/mol. The topological polar surface area (TPSA) is 41.5 Å². The molecule has 1 rings (SSSR count). The van der Waals surface area contributed by atoms with Crippen molar-refractivity contribution >= 4 is 0 Å². The normalized spacial score (nSPS) is 14.4. The molecule has 0 saturated heterocycles. The molecule has 0 spiro atoms. The summed E-state index contributed by atoms with van der Waals surface area (Å²) in [5.74, 6) is 0. The lowest BCUT2D eigenvalue weighted by atomic mass is 9.91. The van der Waals surface area contributed by atoms with Crippen LogP contribution in [-0.2, 0) is 16.7 Å². The minimum atomic E-state index is -0.400. The quantitative estimate of drug-likeness (QED) is 0.695. The fourth-order valence-electron chi connectivity index (χ4n) is 2.01. The van der Waals surface area contributed by atoms with Crippen molar-refractivity contribution < 1.29 is 9.84 Å². The third-order valence-corrected chi connectivity index (χ3v) is 3.27. The van der Waals surface area contributed by atoms with Crippen molar-refractivity contribution in [1.82, 2.24) is 5.32 Å². The maximum absolute atomic E-state index is 9.61. The molecule has 0 bridgehead atoms. The van der Waals surface area contributed by atoms with Crippen LogP contribution in [0.15, 0.2) is 24.3 Å². The van der Waals surface area contributed by atoms with Crippen LogP contribution in [0.3, 0.4) is 0 Å². The molecule has 1 aromatic carbocycles. The highest BCUT2D eigenvalue weighted by Gasteiger charge is 2.24. The lowest BCUT2D eigenvalue weighted by molar-refractivity contribution is 0.148. The second-order valence-corrected chi connectivity index (χ2v) is 4.86. The number of aryl methyl sites for hydroxylation is 1. The average Bonchev–Trinajstić information content (AvgIpc) is 2.40. The minimum absolute atomic E-state index is 0.0733. The summed E-state index contributed by atoms with van der Waals surface area (Å²) in [6.07, 6.45) is 2.26. The molecule has 3 heteroatoms. The van der Waals surface area contributed by atoms with Gasteiger partial charge >= 0.3 is 0 Å². The van der Waals surface area contributed by atoms with E-state index >= 15 is 0 Å². The highest BCUT2D eigenvalue weighted by Crippen LogP contribution is 2.20. The van der Waals surface area contributed by atoms with Crippen LogP contribution in [0.1, 0.15) is 31.4 Å². The van der Waals surface area contributed by atoms with Gasteiger partial charge in [-0.15, -0.1) is 0 Å². The largest absolute Gasteiger partial charge is 0.394 e.